The van der Waals surface area contributed by atoms with Crippen molar-refractivity contribution in [2.45, 2.75) is 12.8 Å². The summed E-state index contributed by atoms with van der Waals surface area (Å²) in [6.45, 7) is 0. The summed E-state index contributed by atoms with van der Waals surface area (Å²) in [7, 11) is 0. The molecule has 1 amide bonds. The van der Waals surface area contributed by atoms with Crippen molar-refractivity contribution in [2.75, 3.05) is 4.90 Å². The topological polar surface area (TPSA) is 44.1 Å². The SMILES string of the molecule is N#Cc1ccc(N2C(=O)CCC2=C(c2ccccc2)c2ccccc2)cc1. The van der Waals surface area contributed by atoms with E-state index in [0.29, 0.717) is 18.4 Å². The zero-order valence-electron chi connectivity index (χ0n) is 14.8. The predicted octanol–water partition coefficient (Wildman–Crippen LogP) is 5.14. The Bertz CT molecular complexity index is 988. The van der Waals surface area contributed by atoms with E-state index in [0.717, 1.165) is 28.1 Å². The van der Waals surface area contributed by atoms with Crippen molar-refractivity contribution in [2.24, 2.45) is 0 Å². The van der Waals surface area contributed by atoms with Gasteiger partial charge in [-0.05, 0) is 41.8 Å². The molecule has 0 saturated carbocycles. The van der Waals surface area contributed by atoms with Gasteiger partial charge < -0.3 is 0 Å². The van der Waals surface area contributed by atoms with E-state index in [9.17, 15) is 4.79 Å². The first-order valence-electron chi connectivity index (χ1n) is 8.95. The molecular formula is C24H18N2O. The lowest BCUT2D eigenvalue weighted by Crippen LogP contribution is -2.23. The summed E-state index contributed by atoms with van der Waals surface area (Å²) in [5, 5.41) is 9.04. The van der Waals surface area contributed by atoms with Crippen molar-refractivity contribution in [3.05, 3.63) is 107 Å². The number of anilines is 1. The van der Waals surface area contributed by atoms with Crippen molar-refractivity contribution in [3.63, 3.8) is 0 Å². The Morgan fingerprint density at radius 2 is 1.33 bits per heavy atom. The maximum absolute atomic E-state index is 12.7. The summed E-state index contributed by atoms with van der Waals surface area (Å²) >= 11 is 0. The average molecular weight is 350 g/mol. The summed E-state index contributed by atoms with van der Waals surface area (Å²) in [4.78, 5) is 14.5. The smallest absolute Gasteiger partial charge is 0.231 e. The molecule has 4 rings (SSSR count). The van der Waals surface area contributed by atoms with E-state index in [1.165, 1.54) is 0 Å². The Morgan fingerprint density at radius 3 is 1.85 bits per heavy atom. The largest absolute Gasteiger partial charge is 0.284 e. The lowest BCUT2D eigenvalue weighted by atomic mass is 9.95. The van der Waals surface area contributed by atoms with E-state index in [2.05, 4.69) is 30.3 Å². The van der Waals surface area contributed by atoms with Crippen LogP contribution in [-0.2, 0) is 4.79 Å². The molecular weight excluding hydrogens is 332 g/mol. The van der Waals surface area contributed by atoms with Gasteiger partial charge in [0.05, 0.1) is 11.6 Å². The van der Waals surface area contributed by atoms with Crippen LogP contribution in [0.15, 0.2) is 90.6 Å². The minimum absolute atomic E-state index is 0.0825. The van der Waals surface area contributed by atoms with Crippen LogP contribution in [0, 0.1) is 11.3 Å². The Kier molecular flexibility index (Phi) is 4.55. The molecule has 0 bridgehead atoms. The van der Waals surface area contributed by atoms with Crippen molar-refractivity contribution in [1.82, 2.24) is 0 Å². The first-order valence-corrected chi connectivity index (χ1v) is 8.95. The number of carbonyl (C=O) groups excluding carboxylic acids is 1. The van der Waals surface area contributed by atoms with Gasteiger partial charge in [0.25, 0.3) is 0 Å². The molecule has 3 aromatic rings. The predicted molar refractivity (Wildman–Crippen MR) is 107 cm³/mol. The highest BCUT2D eigenvalue weighted by atomic mass is 16.2. The van der Waals surface area contributed by atoms with Gasteiger partial charge >= 0.3 is 0 Å². The fourth-order valence-corrected chi connectivity index (χ4v) is 3.53. The van der Waals surface area contributed by atoms with Crippen LogP contribution < -0.4 is 4.90 Å². The lowest BCUT2D eigenvalue weighted by Gasteiger charge is -2.23. The molecule has 1 saturated heterocycles. The molecule has 0 radical (unpaired) electrons. The molecule has 0 atom stereocenters. The van der Waals surface area contributed by atoms with Crippen molar-refractivity contribution in [3.8, 4) is 6.07 Å². The Labute approximate surface area is 158 Å². The van der Waals surface area contributed by atoms with Gasteiger partial charge in [-0.1, -0.05) is 60.7 Å². The van der Waals surface area contributed by atoms with Crippen LogP contribution in [0.4, 0.5) is 5.69 Å². The molecule has 1 aliphatic heterocycles. The van der Waals surface area contributed by atoms with Gasteiger partial charge in [0.15, 0.2) is 0 Å². The number of hydrogen-bond donors (Lipinski definition) is 0. The van der Waals surface area contributed by atoms with Crippen LogP contribution in [0.2, 0.25) is 0 Å². The number of rotatable bonds is 3. The van der Waals surface area contributed by atoms with Crippen LogP contribution in [0.1, 0.15) is 29.5 Å². The number of carbonyl (C=O) groups is 1. The van der Waals surface area contributed by atoms with Gasteiger partial charge in [-0.25, -0.2) is 0 Å². The van der Waals surface area contributed by atoms with Crippen LogP contribution >= 0.6 is 0 Å². The van der Waals surface area contributed by atoms with Crippen LogP contribution in [0.3, 0.4) is 0 Å². The summed E-state index contributed by atoms with van der Waals surface area (Å²) in [5.41, 5.74) is 5.64. The third-order valence-electron chi connectivity index (χ3n) is 4.76. The third-order valence-corrected chi connectivity index (χ3v) is 4.76. The first-order chi connectivity index (χ1) is 13.3. The molecule has 0 spiro atoms. The second kappa shape index (κ2) is 7.31. The number of allylic oxidation sites excluding steroid dienone is 1. The summed E-state index contributed by atoms with van der Waals surface area (Å²) in [6, 6.07) is 29.7. The summed E-state index contributed by atoms with van der Waals surface area (Å²) < 4.78 is 0. The van der Waals surface area contributed by atoms with Gasteiger partial charge in [-0.2, -0.15) is 5.26 Å². The highest BCUT2D eigenvalue weighted by Crippen LogP contribution is 2.37. The Morgan fingerprint density at radius 1 is 0.778 bits per heavy atom. The van der Waals surface area contributed by atoms with E-state index >= 15 is 0 Å². The summed E-state index contributed by atoms with van der Waals surface area (Å²) in [5.74, 6) is 0.0825. The first kappa shape index (κ1) is 16.8. The van der Waals surface area contributed by atoms with Gasteiger partial charge in [0.2, 0.25) is 5.91 Å². The maximum atomic E-state index is 12.7. The van der Waals surface area contributed by atoms with Crippen LogP contribution in [0.25, 0.3) is 5.57 Å². The van der Waals surface area contributed by atoms with Gasteiger partial charge in [-0.3, -0.25) is 9.69 Å². The van der Waals surface area contributed by atoms with Crippen molar-refractivity contribution >= 4 is 17.2 Å². The second-order valence-corrected chi connectivity index (χ2v) is 6.44. The molecule has 0 aromatic heterocycles. The Balaban J connectivity index is 1.91. The molecule has 0 unspecified atom stereocenters. The molecule has 3 heteroatoms. The summed E-state index contributed by atoms with van der Waals surface area (Å²) in [6.07, 6.45) is 1.18. The molecule has 1 fully saturated rings. The van der Waals surface area contributed by atoms with Gasteiger partial charge in [-0.15, -0.1) is 0 Å². The van der Waals surface area contributed by atoms with Crippen molar-refractivity contribution in [1.29, 1.82) is 5.26 Å². The van der Waals surface area contributed by atoms with Gasteiger partial charge in [0, 0.05) is 23.4 Å². The van der Waals surface area contributed by atoms with E-state index in [-0.39, 0.29) is 5.91 Å². The maximum Gasteiger partial charge on any atom is 0.231 e. The molecule has 1 aliphatic rings. The molecule has 27 heavy (non-hydrogen) atoms. The average Bonchev–Trinajstić information content (AvgIpc) is 3.11. The minimum Gasteiger partial charge on any atom is -0.284 e. The monoisotopic (exact) mass is 350 g/mol. The third kappa shape index (κ3) is 3.26. The zero-order valence-corrected chi connectivity index (χ0v) is 14.8. The Hall–Kier alpha value is -3.64. The quantitative estimate of drug-likeness (QED) is 0.656. The van der Waals surface area contributed by atoms with E-state index < -0.39 is 0 Å². The highest BCUT2D eigenvalue weighted by molar-refractivity contribution is 6.03. The fourth-order valence-electron chi connectivity index (χ4n) is 3.53. The molecule has 0 aliphatic carbocycles. The number of amides is 1. The molecule has 0 N–H and O–H groups in total. The van der Waals surface area contributed by atoms with E-state index in [1.54, 1.807) is 17.0 Å². The number of nitriles is 1. The second-order valence-electron chi connectivity index (χ2n) is 6.44. The highest BCUT2D eigenvalue weighted by Gasteiger charge is 2.30. The number of nitrogens with zero attached hydrogens (tertiary/aromatic N) is 2. The lowest BCUT2D eigenvalue weighted by molar-refractivity contribution is -0.116. The minimum atomic E-state index is 0.0825. The van der Waals surface area contributed by atoms with Crippen LogP contribution in [-0.4, -0.2) is 5.91 Å². The van der Waals surface area contributed by atoms with E-state index in [1.807, 2.05) is 48.5 Å². The fraction of sp³-hybridized carbons (Fsp3) is 0.0833. The molecule has 3 nitrogen and oxygen atoms in total. The number of benzene rings is 3. The normalized spacial score (nSPS) is 13.5. The molecule has 3 aromatic carbocycles. The molecule has 1 heterocycles. The van der Waals surface area contributed by atoms with E-state index in [4.69, 9.17) is 5.26 Å². The zero-order chi connectivity index (χ0) is 18.6. The van der Waals surface area contributed by atoms with Crippen LogP contribution in [0.5, 0.6) is 0 Å². The van der Waals surface area contributed by atoms with Crippen molar-refractivity contribution < 1.29 is 4.79 Å². The molecule has 130 valence electrons. The van der Waals surface area contributed by atoms with Gasteiger partial charge in [0.1, 0.15) is 0 Å². The number of hydrogen-bond acceptors (Lipinski definition) is 2. The standard InChI is InChI=1S/C24H18N2O/c25-17-18-11-13-21(14-12-18)26-22(15-16-23(26)27)24(19-7-3-1-4-8-19)20-9-5-2-6-10-20/h1-14H,15-16H2.